The van der Waals surface area contributed by atoms with Crippen molar-refractivity contribution < 1.29 is 14.7 Å². The summed E-state index contributed by atoms with van der Waals surface area (Å²) in [5.41, 5.74) is 10.3. The minimum atomic E-state index is -0.747. The van der Waals surface area contributed by atoms with Gasteiger partial charge in [0.1, 0.15) is 0 Å². The highest BCUT2D eigenvalue weighted by molar-refractivity contribution is 5.76. The maximum atomic E-state index is 10.5. The molecule has 0 spiro atoms. The van der Waals surface area contributed by atoms with Gasteiger partial charge in [-0.3, -0.25) is 14.6 Å². The summed E-state index contributed by atoms with van der Waals surface area (Å²) in [7, 11) is 0. The maximum absolute atomic E-state index is 10.5. The van der Waals surface area contributed by atoms with Crippen LogP contribution < -0.4 is 16.8 Å². The predicted octanol–water partition coefficient (Wildman–Crippen LogP) is 1.07. The molecule has 1 fully saturated rings. The SMILES string of the molecule is CCC(CC)CNC(C)=O.NC(N)=NC1CC[C@@H](C(=O)O)C1. The molecule has 0 radical (unpaired) electrons. The van der Waals surface area contributed by atoms with E-state index in [2.05, 4.69) is 24.2 Å². The maximum Gasteiger partial charge on any atom is 0.306 e. The Hall–Kier alpha value is -1.79. The van der Waals surface area contributed by atoms with Crippen LogP contribution in [0.2, 0.25) is 0 Å². The molecule has 0 bridgehead atoms. The Labute approximate surface area is 132 Å². The van der Waals surface area contributed by atoms with Crippen molar-refractivity contribution in [2.45, 2.75) is 58.9 Å². The van der Waals surface area contributed by atoms with Gasteiger partial charge in [-0.15, -0.1) is 0 Å². The van der Waals surface area contributed by atoms with Crippen molar-refractivity contribution in [3.63, 3.8) is 0 Å². The molecule has 0 aromatic carbocycles. The van der Waals surface area contributed by atoms with Crippen LogP contribution in [-0.2, 0) is 9.59 Å². The number of carbonyl (C=O) groups is 2. The molecule has 0 saturated heterocycles. The topological polar surface area (TPSA) is 131 Å². The predicted molar refractivity (Wildman–Crippen MR) is 87.3 cm³/mol. The number of hydrogen-bond donors (Lipinski definition) is 4. The van der Waals surface area contributed by atoms with E-state index in [9.17, 15) is 9.59 Å². The molecule has 1 amide bonds. The van der Waals surface area contributed by atoms with Crippen molar-refractivity contribution in [1.29, 1.82) is 0 Å². The molecule has 0 aliphatic heterocycles. The van der Waals surface area contributed by atoms with Crippen LogP contribution in [0.4, 0.5) is 0 Å². The second-order valence-corrected chi connectivity index (χ2v) is 5.68. The monoisotopic (exact) mass is 314 g/mol. The van der Waals surface area contributed by atoms with Crippen LogP contribution in [0.15, 0.2) is 4.99 Å². The number of carboxylic acid groups (broad SMARTS) is 1. The molecule has 1 rings (SSSR count). The first-order valence-corrected chi connectivity index (χ1v) is 7.86. The summed E-state index contributed by atoms with van der Waals surface area (Å²) in [5.74, 6) is -0.233. The Kier molecular flexibility index (Phi) is 9.98. The third-order valence-electron chi connectivity index (χ3n) is 3.88. The van der Waals surface area contributed by atoms with E-state index in [1.807, 2.05) is 0 Å². The van der Waals surface area contributed by atoms with Gasteiger partial charge in [-0.25, -0.2) is 0 Å². The van der Waals surface area contributed by atoms with E-state index in [0.29, 0.717) is 18.8 Å². The van der Waals surface area contributed by atoms with Crippen LogP contribution in [-0.4, -0.2) is 35.5 Å². The highest BCUT2D eigenvalue weighted by Gasteiger charge is 2.29. The molecular weight excluding hydrogens is 284 g/mol. The van der Waals surface area contributed by atoms with Gasteiger partial charge in [0, 0.05) is 13.5 Å². The quantitative estimate of drug-likeness (QED) is 0.430. The molecular formula is C15H30N4O3. The molecule has 1 aliphatic rings. The number of rotatable bonds is 6. The van der Waals surface area contributed by atoms with Gasteiger partial charge in [0.2, 0.25) is 5.91 Å². The zero-order valence-electron chi connectivity index (χ0n) is 13.8. The minimum Gasteiger partial charge on any atom is -0.481 e. The lowest BCUT2D eigenvalue weighted by Gasteiger charge is -2.11. The first-order valence-electron chi connectivity index (χ1n) is 7.86. The summed E-state index contributed by atoms with van der Waals surface area (Å²) in [4.78, 5) is 24.9. The molecule has 128 valence electrons. The first-order chi connectivity index (χ1) is 10.3. The fourth-order valence-corrected chi connectivity index (χ4v) is 2.38. The Bertz CT molecular complexity index is 377. The largest absolute Gasteiger partial charge is 0.481 e. The van der Waals surface area contributed by atoms with E-state index >= 15 is 0 Å². The summed E-state index contributed by atoms with van der Waals surface area (Å²) >= 11 is 0. The van der Waals surface area contributed by atoms with E-state index in [0.717, 1.165) is 25.8 Å². The highest BCUT2D eigenvalue weighted by atomic mass is 16.4. The Morgan fingerprint density at radius 3 is 2.23 bits per heavy atom. The molecule has 0 aromatic rings. The summed E-state index contributed by atoms with van der Waals surface area (Å²) < 4.78 is 0. The van der Waals surface area contributed by atoms with Gasteiger partial charge in [0.25, 0.3) is 0 Å². The summed E-state index contributed by atoms with van der Waals surface area (Å²) in [6.07, 6.45) is 4.31. The number of guanidine groups is 1. The molecule has 1 aliphatic carbocycles. The minimum absolute atomic E-state index is 0.0103. The molecule has 6 N–H and O–H groups in total. The van der Waals surface area contributed by atoms with Crippen molar-refractivity contribution in [1.82, 2.24) is 5.32 Å². The van der Waals surface area contributed by atoms with Crippen molar-refractivity contribution in [3.8, 4) is 0 Å². The summed E-state index contributed by atoms with van der Waals surface area (Å²) in [6, 6.07) is 0.0103. The number of carbonyl (C=O) groups excluding carboxylic acids is 1. The molecule has 2 atom stereocenters. The van der Waals surface area contributed by atoms with E-state index < -0.39 is 5.97 Å². The van der Waals surface area contributed by atoms with Crippen LogP contribution in [0.1, 0.15) is 52.9 Å². The number of nitrogens with two attached hydrogens (primary N) is 2. The van der Waals surface area contributed by atoms with Crippen molar-refractivity contribution in [2.24, 2.45) is 28.3 Å². The van der Waals surface area contributed by atoms with Crippen LogP contribution >= 0.6 is 0 Å². The third-order valence-corrected chi connectivity index (χ3v) is 3.88. The molecule has 0 heterocycles. The van der Waals surface area contributed by atoms with Crippen LogP contribution in [0.5, 0.6) is 0 Å². The highest BCUT2D eigenvalue weighted by Crippen LogP contribution is 2.27. The fourth-order valence-electron chi connectivity index (χ4n) is 2.38. The van der Waals surface area contributed by atoms with Gasteiger partial charge >= 0.3 is 5.97 Å². The number of aliphatic carboxylic acids is 1. The van der Waals surface area contributed by atoms with Gasteiger partial charge < -0.3 is 21.9 Å². The molecule has 22 heavy (non-hydrogen) atoms. The first kappa shape index (κ1) is 20.2. The summed E-state index contributed by atoms with van der Waals surface area (Å²) in [6.45, 7) is 6.69. The zero-order chi connectivity index (χ0) is 17.1. The Morgan fingerprint density at radius 2 is 1.86 bits per heavy atom. The number of carboxylic acids is 1. The smallest absolute Gasteiger partial charge is 0.306 e. The van der Waals surface area contributed by atoms with Crippen LogP contribution in [0, 0.1) is 11.8 Å². The van der Waals surface area contributed by atoms with Gasteiger partial charge in [0.05, 0.1) is 12.0 Å². The molecule has 1 saturated carbocycles. The van der Waals surface area contributed by atoms with Gasteiger partial charge in [-0.1, -0.05) is 26.7 Å². The van der Waals surface area contributed by atoms with E-state index in [-0.39, 0.29) is 23.8 Å². The number of hydrogen-bond acceptors (Lipinski definition) is 3. The van der Waals surface area contributed by atoms with Gasteiger partial charge in [-0.05, 0) is 25.2 Å². The van der Waals surface area contributed by atoms with E-state index in [1.165, 1.54) is 0 Å². The molecule has 7 heteroatoms. The lowest BCUT2D eigenvalue weighted by atomic mass is 10.0. The summed E-state index contributed by atoms with van der Waals surface area (Å²) in [5, 5.41) is 11.5. The lowest BCUT2D eigenvalue weighted by Crippen LogP contribution is -2.26. The van der Waals surface area contributed by atoms with Gasteiger partial charge in [0.15, 0.2) is 5.96 Å². The number of aliphatic imine (C=N–C) groups is 1. The Balaban J connectivity index is 0.000000409. The number of nitrogens with zero attached hydrogens (tertiary/aromatic N) is 1. The van der Waals surface area contributed by atoms with Crippen molar-refractivity contribution in [3.05, 3.63) is 0 Å². The third kappa shape index (κ3) is 9.20. The number of nitrogens with one attached hydrogen (secondary N) is 1. The molecule has 7 nitrogen and oxygen atoms in total. The standard InChI is InChI=1S/C8H17NO.C7H13N3O2/c1-4-8(5-2)6-9-7(3)10;8-7(9)10-5-2-1-4(3-5)6(11)12/h8H,4-6H2,1-3H3,(H,9,10);4-5H,1-3H2,(H,11,12)(H4,8,9,10)/t;4-,5?/m.1/s1. The second-order valence-electron chi connectivity index (χ2n) is 5.68. The fraction of sp³-hybridized carbons (Fsp3) is 0.800. The van der Waals surface area contributed by atoms with Crippen molar-refractivity contribution in [2.75, 3.05) is 6.54 Å². The van der Waals surface area contributed by atoms with E-state index in [4.69, 9.17) is 16.6 Å². The van der Waals surface area contributed by atoms with Crippen LogP contribution in [0.3, 0.4) is 0 Å². The lowest BCUT2D eigenvalue weighted by molar-refractivity contribution is -0.141. The molecule has 0 aromatic heterocycles. The molecule has 1 unspecified atom stereocenters. The number of amides is 1. The van der Waals surface area contributed by atoms with Gasteiger partial charge in [-0.2, -0.15) is 0 Å². The Morgan fingerprint density at radius 1 is 1.27 bits per heavy atom. The van der Waals surface area contributed by atoms with Crippen molar-refractivity contribution >= 4 is 17.8 Å². The second kappa shape index (κ2) is 10.9. The average molecular weight is 314 g/mol. The van der Waals surface area contributed by atoms with E-state index in [1.54, 1.807) is 6.92 Å². The zero-order valence-corrected chi connectivity index (χ0v) is 13.8. The average Bonchev–Trinajstić information content (AvgIpc) is 2.88. The normalized spacial score (nSPS) is 20.0. The van der Waals surface area contributed by atoms with Crippen LogP contribution in [0.25, 0.3) is 0 Å².